The molecule has 4 heteroatoms. The normalized spacial score (nSPS) is 11.2. The first-order chi connectivity index (χ1) is 8.04. The summed E-state index contributed by atoms with van der Waals surface area (Å²) in [4.78, 5) is 4.64. The first-order valence-corrected chi connectivity index (χ1v) is 6.68. The Morgan fingerprint density at radius 1 is 1.35 bits per heavy atom. The number of fused-ring (bicyclic) bond motifs is 1. The quantitative estimate of drug-likeness (QED) is 0.860. The Hall–Kier alpha value is -0.800. The maximum atomic E-state index is 6.22. The molecule has 0 atom stereocenters. The van der Waals surface area contributed by atoms with Gasteiger partial charge < -0.3 is 5.32 Å². The molecule has 0 fully saturated rings. The van der Waals surface area contributed by atoms with Gasteiger partial charge >= 0.3 is 0 Å². The Kier molecular flexibility index (Phi) is 3.59. The van der Waals surface area contributed by atoms with Crippen LogP contribution >= 0.6 is 27.5 Å². The van der Waals surface area contributed by atoms with Crippen molar-refractivity contribution in [3.63, 3.8) is 0 Å². The molecule has 1 N–H and O–H groups in total. The molecule has 0 radical (unpaired) electrons. The summed E-state index contributed by atoms with van der Waals surface area (Å²) in [5, 5.41) is 4.92. The third-order valence-electron chi connectivity index (χ3n) is 2.74. The molecule has 1 heterocycles. The third kappa shape index (κ3) is 2.26. The van der Waals surface area contributed by atoms with Gasteiger partial charge in [0.05, 0.1) is 10.5 Å². The van der Waals surface area contributed by atoms with Crippen LogP contribution in [0, 0.1) is 0 Å². The number of benzene rings is 1. The second-order valence-electron chi connectivity index (χ2n) is 4.25. The van der Waals surface area contributed by atoms with Crippen molar-refractivity contribution in [3.8, 4) is 0 Å². The largest absolute Gasteiger partial charge is 0.387 e. The van der Waals surface area contributed by atoms with E-state index in [1.165, 1.54) is 0 Å². The number of hydrogen-bond donors (Lipinski definition) is 1. The van der Waals surface area contributed by atoms with E-state index in [1.54, 1.807) is 0 Å². The number of nitrogens with zero attached hydrogens (tertiary/aromatic N) is 1. The lowest BCUT2D eigenvalue weighted by atomic mass is 10.1. The lowest BCUT2D eigenvalue weighted by molar-refractivity contribution is 0.830. The zero-order chi connectivity index (χ0) is 12.6. The second kappa shape index (κ2) is 4.83. The summed E-state index contributed by atoms with van der Waals surface area (Å²) in [5.74, 6) is 0.376. The van der Waals surface area contributed by atoms with Crippen LogP contribution in [0.2, 0.25) is 5.02 Å². The van der Waals surface area contributed by atoms with E-state index in [0.29, 0.717) is 10.9 Å². The third-order valence-corrected chi connectivity index (χ3v) is 3.71. The predicted octanol–water partition coefficient (Wildman–Crippen LogP) is 4.82. The van der Waals surface area contributed by atoms with Crippen molar-refractivity contribution < 1.29 is 0 Å². The van der Waals surface area contributed by atoms with E-state index in [1.807, 2.05) is 19.2 Å². The fourth-order valence-corrected chi connectivity index (χ4v) is 2.51. The number of halogens is 2. The minimum Gasteiger partial charge on any atom is -0.387 e. The van der Waals surface area contributed by atoms with Crippen LogP contribution < -0.4 is 5.32 Å². The van der Waals surface area contributed by atoms with E-state index < -0.39 is 0 Å². The minimum atomic E-state index is 0.376. The van der Waals surface area contributed by atoms with Crippen LogP contribution in [0.25, 0.3) is 10.9 Å². The molecule has 0 aliphatic carbocycles. The first kappa shape index (κ1) is 12.7. The predicted molar refractivity (Wildman–Crippen MR) is 78.1 cm³/mol. The van der Waals surface area contributed by atoms with Crippen LogP contribution in [0.15, 0.2) is 22.7 Å². The standard InChI is InChI=1S/C13H14BrClN2/c1-7(2)10-6-11(16-3)12-8(14)4-5-9(15)13(12)17-10/h4-7H,1-3H3,(H,16,17). The number of anilines is 1. The number of nitrogens with one attached hydrogen (secondary N) is 1. The van der Waals surface area contributed by atoms with Crippen molar-refractivity contribution in [2.45, 2.75) is 19.8 Å². The Bertz CT molecular complexity index is 567. The minimum absolute atomic E-state index is 0.376. The van der Waals surface area contributed by atoms with Gasteiger partial charge in [-0.3, -0.25) is 4.98 Å². The summed E-state index contributed by atoms with van der Waals surface area (Å²) in [6.45, 7) is 4.25. The van der Waals surface area contributed by atoms with Crippen LogP contribution in [0.1, 0.15) is 25.5 Å². The molecule has 0 aliphatic heterocycles. The van der Waals surface area contributed by atoms with Crippen molar-refractivity contribution >= 4 is 44.1 Å². The second-order valence-corrected chi connectivity index (χ2v) is 5.51. The van der Waals surface area contributed by atoms with Gasteiger partial charge in [0, 0.05) is 28.3 Å². The van der Waals surface area contributed by atoms with Gasteiger partial charge in [-0.15, -0.1) is 0 Å². The van der Waals surface area contributed by atoms with Gasteiger partial charge in [0.25, 0.3) is 0 Å². The summed E-state index contributed by atoms with van der Waals surface area (Å²) >= 11 is 9.77. The molecule has 2 aromatic rings. The smallest absolute Gasteiger partial charge is 0.0923 e. The van der Waals surface area contributed by atoms with E-state index in [-0.39, 0.29) is 0 Å². The maximum Gasteiger partial charge on any atom is 0.0923 e. The molecular weight excluding hydrogens is 300 g/mol. The topological polar surface area (TPSA) is 24.9 Å². The van der Waals surface area contributed by atoms with E-state index in [9.17, 15) is 0 Å². The van der Waals surface area contributed by atoms with Crippen LogP contribution in [-0.4, -0.2) is 12.0 Å². The van der Waals surface area contributed by atoms with Crippen LogP contribution in [0.5, 0.6) is 0 Å². The SMILES string of the molecule is CNc1cc(C(C)C)nc2c(Cl)ccc(Br)c12. The number of hydrogen-bond acceptors (Lipinski definition) is 2. The molecule has 0 saturated carbocycles. The maximum absolute atomic E-state index is 6.22. The highest BCUT2D eigenvalue weighted by molar-refractivity contribution is 9.10. The fraction of sp³-hybridized carbons (Fsp3) is 0.308. The van der Waals surface area contributed by atoms with E-state index in [0.717, 1.165) is 26.8 Å². The van der Waals surface area contributed by atoms with Crippen LogP contribution in [0.4, 0.5) is 5.69 Å². The lowest BCUT2D eigenvalue weighted by Gasteiger charge is -2.13. The molecule has 17 heavy (non-hydrogen) atoms. The van der Waals surface area contributed by atoms with E-state index in [4.69, 9.17) is 11.6 Å². The number of pyridine rings is 1. The highest BCUT2D eigenvalue weighted by Crippen LogP contribution is 2.35. The van der Waals surface area contributed by atoms with Gasteiger partial charge in [0.15, 0.2) is 0 Å². The molecule has 0 spiro atoms. The van der Waals surface area contributed by atoms with Gasteiger partial charge in [-0.2, -0.15) is 0 Å². The van der Waals surface area contributed by atoms with E-state index >= 15 is 0 Å². The summed E-state index contributed by atoms with van der Waals surface area (Å²) < 4.78 is 1.00. The Labute approximate surface area is 115 Å². The molecule has 90 valence electrons. The molecule has 2 nitrogen and oxygen atoms in total. The fourth-order valence-electron chi connectivity index (χ4n) is 1.78. The molecular formula is C13H14BrClN2. The van der Waals surface area contributed by atoms with Crippen molar-refractivity contribution in [2.24, 2.45) is 0 Å². The molecule has 0 bridgehead atoms. The zero-order valence-electron chi connectivity index (χ0n) is 10.0. The average Bonchev–Trinajstić information content (AvgIpc) is 2.32. The van der Waals surface area contributed by atoms with E-state index in [2.05, 4.69) is 46.1 Å². The molecule has 0 unspecified atom stereocenters. The molecule has 1 aromatic carbocycles. The highest BCUT2D eigenvalue weighted by Gasteiger charge is 2.12. The Balaban J connectivity index is 2.87. The van der Waals surface area contributed by atoms with Gasteiger partial charge in [0.2, 0.25) is 0 Å². The molecule has 0 amide bonds. The van der Waals surface area contributed by atoms with Gasteiger partial charge in [0.1, 0.15) is 0 Å². The molecule has 1 aromatic heterocycles. The molecule has 2 rings (SSSR count). The molecule has 0 aliphatic rings. The van der Waals surface area contributed by atoms with Gasteiger partial charge in [-0.1, -0.05) is 41.4 Å². The van der Waals surface area contributed by atoms with Crippen molar-refractivity contribution in [2.75, 3.05) is 12.4 Å². The van der Waals surface area contributed by atoms with Gasteiger partial charge in [-0.25, -0.2) is 0 Å². The Morgan fingerprint density at radius 3 is 2.65 bits per heavy atom. The summed E-state index contributed by atoms with van der Waals surface area (Å²) in [7, 11) is 1.91. The average molecular weight is 314 g/mol. The molecule has 0 saturated heterocycles. The number of rotatable bonds is 2. The monoisotopic (exact) mass is 312 g/mol. The lowest BCUT2D eigenvalue weighted by Crippen LogP contribution is -1.99. The van der Waals surface area contributed by atoms with Crippen molar-refractivity contribution in [3.05, 3.63) is 33.4 Å². The first-order valence-electron chi connectivity index (χ1n) is 5.51. The highest BCUT2D eigenvalue weighted by atomic mass is 79.9. The van der Waals surface area contributed by atoms with Gasteiger partial charge in [-0.05, 0) is 24.1 Å². The van der Waals surface area contributed by atoms with Crippen LogP contribution in [0.3, 0.4) is 0 Å². The Morgan fingerprint density at radius 2 is 2.06 bits per heavy atom. The van der Waals surface area contributed by atoms with Crippen molar-refractivity contribution in [1.29, 1.82) is 0 Å². The van der Waals surface area contributed by atoms with Crippen molar-refractivity contribution in [1.82, 2.24) is 4.98 Å². The van der Waals surface area contributed by atoms with Crippen LogP contribution in [-0.2, 0) is 0 Å². The number of aromatic nitrogens is 1. The zero-order valence-corrected chi connectivity index (χ0v) is 12.4. The summed E-state index contributed by atoms with van der Waals surface area (Å²) in [6, 6.07) is 5.89. The summed E-state index contributed by atoms with van der Waals surface area (Å²) in [6.07, 6.45) is 0. The summed E-state index contributed by atoms with van der Waals surface area (Å²) in [5.41, 5.74) is 2.94.